The summed E-state index contributed by atoms with van der Waals surface area (Å²) in [6.45, 7) is -2.14. The van der Waals surface area contributed by atoms with E-state index >= 15 is 0 Å². The van der Waals surface area contributed by atoms with Crippen molar-refractivity contribution in [3.63, 3.8) is 0 Å². The number of nitrogens with one attached hydrogen (secondary N) is 4. The van der Waals surface area contributed by atoms with Crippen LogP contribution in [0.3, 0.4) is 0 Å². The minimum absolute atomic E-state index is 0.0226. The second-order valence-electron chi connectivity index (χ2n) is 7.34. The van der Waals surface area contributed by atoms with Crippen LogP contribution in [0.25, 0.3) is 0 Å². The van der Waals surface area contributed by atoms with Gasteiger partial charge in [-0.2, -0.15) is 13.2 Å². The summed E-state index contributed by atoms with van der Waals surface area (Å²) < 4.78 is 79.3. The van der Waals surface area contributed by atoms with Gasteiger partial charge >= 0.3 is 24.1 Å². The van der Waals surface area contributed by atoms with Crippen LogP contribution >= 0.6 is 0 Å². The molecule has 0 radical (unpaired) electrons. The second-order valence-corrected chi connectivity index (χ2v) is 8.96. The molecule has 38 heavy (non-hydrogen) atoms. The fraction of sp³-hybridized carbons (Fsp3) is 0.368. The summed E-state index contributed by atoms with van der Waals surface area (Å²) in [5, 5.41) is 6.88. The van der Waals surface area contributed by atoms with Crippen molar-refractivity contribution in [1.29, 1.82) is 0 Å². The maximum atomic E-state index is 13.1. The zero-order chi connectivity index (χ0) is 28.7. The minimum atomic E-state index is -4.84. The Kier molecular flexibility index (Phi) is 9.58. The molecule has 0 saturated carbocycles. The van der Waals surface area contributed by atoms with E-state index in [1.54, 1.807) is 4.72 Å². The van der Waals surface area contributed by atoms with Gasteiger partial charge in [0.25, 0.3) is 10.0 Å². The highest BCUT2D eigenvalue weighted by atomic mass is 32.2. The summed E-state index contributed by atoms with van der Waals surface area (Å²) in [5.74, 6) is -2.27. The molecule has 1 heterocycles. The number of rotatable bonds is 9. The molecule has 0 saturated heterocycles. The standard InChI is InChI=1S/C19H24F3N7O8S/c1-28(2)13-8-14(37-10-19(20,21)22)25-29(24-13)26-18(32)27-38(33,34)16-11(17(31)36-4)6-5-7-12(16)23-9-15(30)35-3/h5-8,23,25H,9-10H2,1-4H3,(H2,26,27,32). The van der Waals surface area contributed by atoms with Crippen molar-refractivity contribution in [2.45, 2.75) is 11.1 Å². The number of hydrazone groups is 1. The molecule has 0 spiro atoms. The average Bonchev–Trinajstić information content (AvgIpc) is 2.84. The smallest absolute Gasteiger partial charge is 0.422 e. The molecule has 1 aliphatic rings. The van der Waals surface area contributed by atoms with Gasteiger partial charge in [-0.3, -0.25) is 4.79 Å². The van der Waals surface area contributed by atoms with Gasteiger partial charge in [-0.25, -0.2) is 33.6 Å². The number of hydrogen-bond donors (Lipinski definition) is 4. The number of hydrazine groups is 2. The molecular weight excluding hydrogens is 543 g/mol. The van der Waals surface area contributed by atoms with Gasteiger partial charge in [0.15, 0.2) is 12.4 Å². The minimum Gasteiger partial charge on any atom is -0.468 e. The third-order valence-corrected chi connectivity index (χ3v) is 5.73. The predicted molar refractivity (Wildman–Crippen MR) is 123 cm³/mol. The summed E-state index contributed by atoms with van der Waals surface area (Å²) >= 11 is 0. The lowest BCUT2D eigenvalue weighted by Crippen LogP contribution is -2.54. The van der Waals surface area contributed by atoms with Crippen molar-refractivity contribution < 1.29 is 50.2 Å². The fourth-order valence-electron chi connectivity index (χ4n) is 2.68. The number of methoxy groups -OCH3 is 2. The summed E-state index contributed by atoms with van der Waals surface area (Å²) in [7, 11) is 0.260. The van der Waals surface area contributed by atoms with Crippen LogP contribution in [0.15, 0.2) is 40.2 Å². The van der Waals surface area contributed by atoms with Crippen LogP contribution in [0.5, 0.6) is 0 Å². The Labute approximate surface area is 214 Å². The quantitative estimate of drug-likeness (QED) is 0.296. The first-order valence-corrected chi connectivity index (χ1v) is 11.7. The van der Waals surface area contributed by atoms with Crippen LogP contribution in [0.4, 0.5) is 23.7 Å². The Morgan fingerprint density at radius 2 is 1.84 bits per heavy atom. The Hall–Kier alpha value is -4.42. The molecule has 4 N–H and O–H groups in total. The van der Waals surface area contributed by atoms with Gasteiger partial charge in [-0.1, -0.05) is 6.07 Å². The summed E-state index contributed by atoms with van der Waals surface area (Å²) in [6, 6.07) is 2.19. The van der Waals surface area contributed by atoms with Crippen LogP contribution in [0.2, 0.25) is 0 Å². The first kappa shape index (κ1) is 29.8. The largest absolute Gasteiger partial charge is 0.468 e. The number of likely N-dealkylation sites (N-methyl/N-ethyl adjacent to an activating group) is 1. The monoisotopic (exact) mass is 567 g/mol. The summed E-state index contributed by atoms with van der Waals surface area (Å²) in [5.41, 5.74) is 3.46. The zero-order valence-electron chi connectivity index (χ0n) is 20.4. The molecule has 2 rings (SSSR count). The van der Waals surface area contributed by atoms with Crippen LogP contribution < -0.4 is 20.9 Å². The molecule has 0 atom stereocenters. The van der Waals surface area contributed by atoms with Gasteiger partial charge in [0.05, 0.1) is 25.5 Å². The molecule has 0 aromatic heterocycles. The van der Waals surface area contributed by atoms with E-state index in [4.69, 9.17) is 0 Å². The second kappa shape index (κ2) is 12.2. The Morgan fingerprint density at radius 3 is 2.42 bits per heavy atom. The number of hydrogen-bond acceptors (Lipinski definition) is 13. The first-order chi connectivity index (χ1) is 17.7. The number of alkyl halides is 3. The number of sulfonamides is 1. The van der Waals surface area contributed by atoms with Crippen molar-refractivity contribution >= 4 is 39.5 Å². The normalized spacial score (nSPS) is 13.3. The van der Waals surface area contributed by atoms with Crippen molar-refractivity contribution in [2.24, 2.45) is 5.10 Å². The summed E-state index contributed by atoms with van der Waals surface area (Å²) in [4.78, 5) is 36.9. The van der Waals surface area contributed by atoms with Crippen LogP contribution in [-0.4, -0.2) is 90.0 Å². The molecular formula is C19H24F3N7O8S. The molecule has 210 valence electrons. The van der Waals surface area contributed by atoms with Gasteiger partial charge in [0, 0.05) is 20.2 Å². The van der Waals surface area contributed by atoms with Crippen molar-refractivity contribution in [3.05, 3.63) is 35.7 Å². The topological polar surface area (TPSA) is 180 Å². The maximum Gasteiger partial charge on any atom is 0.422 e. The molecule has 1 aromatic rings. The van der Waals surface area contributed by atoms with Gasteiger partial charge < -0.3 is 24.4 Å². The molecule has 0 unspecified atom stereocenters. The summed E-state index contributed by atoms with van der Waals surface area (Å²) in [6.07, 6.45) is -3.56. The number of benzene rings is 1. The van der Waals surface area contributed by atoms with Gasteiger partial charge in [-0.05, 0) is 12.1 Å². The third-order valence-electron chi connectivity index (χ3n) is 4.30. The van der Waals surface area contributed by atoms with Crippen LogP contribution in [0.1, 0.15) is 10.4 Å². The highest BCUT2D eigenvalue weighted by Gasteiger charge is 2.31. The average molecular weight is 568 g/mol. The van der Waals surface area contributed by atoms with E-state index in [9.17, 15) is 36.0 Å². The van der Waals surface area contributed by atoms with Crippen molar-refractivity contribution in [1.82, 2.24) is 25.7 Å². The van der Waals surface area contributed by atoms with E-state index in [0.717, 1.165) is 26.4 Å². The SMILES string of the molecule is COC(=O)CNc1cccc(C(=O)OC)c1S(=O)(=O)NC(=O)NN1N=C(N(C)C)C=C(OCC(F)(F)F)N1. The van der Waals surface area contributed by atoms with E-state index in [2.05, 4.69) is 30.1 Å². The number of nitrogens with zero attached hydrogens (tertiary/aromatic N) is 3. The van der Waals surface area contributed by atoms with E-state index in [1.165, 1.54) is 31.1 Å². The van der Waals surface area contributed by atoms with E-state index in [-0.39, 0.29) is 11.5 Å². The number of urea groups is 1. The Bertz CT molecular complexity index is 1240. The van der Waals surface area contributed by atoms with Crippen LogP contribution in [-0.2, 0) is 29.0 Å². The number of amidine groups is 1. The lowest BCUT2D eigenvalue weighted by atomic mass is 10.2. The number of amides is 2. The number of carbonyl (C=O) groups is 3. The highest BCUT2D eigenvalue weighted by molar-refractivity contribution is 7.90. The number of esters is 2. The molecule has 15 nitrogen and oxygen atoms in total. The Morgan fingerprint density at radius 1 is 1.16 bits per heavy atom. The first-order valence-electron chi connectivity index (χ1n) is 10.3. The van der Waals surface area contributed by atoms with Crippen molar-refractivity contribution in [3.8, 4) is 0 Å². The number of anilines is 1. The molecule has 0 fully saturated rings. The zero-order valence-corrected chi connectivity index (χ0v) is 21.2. The molecule has 19 heteroatoms. The van der Waals surface area contributed by atoms with Gasteiger partial charge in [0.2, 0.25) is 5.88 Å². The van der Waals surface area contributed by atoms with Gasteiger partial charge in [-0.15, -0.1) is 10.3 Å². The maximum absolute atomic E-state index is 13.1. The molecule has 0 bridgehead atoms. The fourth-order valence-corrected chi connectivity index (χ4v) is 3.95. The van der Waals surface area contributed by atoms with E-state index in [1.807, 2.05) is 5.43 Å². The molecule has 1 aliphatic heterocycles. The molecule has 0 aliphatic carbocycles. The molecule has 2 amide bonds. The Balaban J connectivity index is 2.29. The third kappa shape index (κ3) is 8.32. The number of ether oxygens (including phenoxy) is 3. The van der Waals surface area contributed by atoms with E-state index in [0.29, 0.717) is 5.23 Å². The van der Waals surface area contributed by atoms with Crippen LogP contribution in [0, 0.1) is 0 Å². The number of halogens is 3. The lowest BCUT2D eigenvalue weighted by molar-refractivity contribution is -0.168. The van der Waals surface area contributed by atoms with Gasteiger partial charge in [0.1, 0.15) is 11.4 Å². The van der Waals surface area contributed by atoms with Crippen molar-refractivity contribution in [2.75, 3.05) is 46.8 Å². The molecule has 1 aromatic carbocycles. The number of carbonyl (C=O) groups excluding carboxylic acids is 3. The highest BCUT2D eigenvalue weighted by Crippen LogP contribution is 2.26. The lowest BCUT2D eigenvalue weighted by Gasteiger charge is -2.28. The predicted octanol–water partition coefficient (Wildman–Crippen LogP) is 0.0766. The van der Waals surface area contributed by atoms with E-state index < -0.39 is 63.7 Å².